The number of esters is 2. The summed E-state index contributed by atoms with van der Waals surface area (Å²) in [6.45, 7) is 4.27. The number of unbranched alkanes of at least 4 members (excludes halogenated alkanes) is 13. The lowest BCUT2D eigenvalue weighted by molar-refractivity contribution is -0.870. The van der Waals surface area contributed by atoms with E-state index in [9.17, 15) is 19.0 Å². The van der Waals surface area contributed by atoms with E-state index in [4.69, 9.17) is 18.5 Å². The standard InChI is InChI=1S/C44H78NO8P/c1-6-8-10-12-14-16-18-20-21-22-23-25-26-28-30-32-34-36-43(46)50-40-42(41-52-54(48,49)51-39-38-45(3,4)5)53-44(47)37-35-33-31-29-27-24-19-17-15-13-11-9-7-2/h10,12,16,18,21-22,24-27,42H,6-9,11,13-15,17,19-20,23,28-41H2,1-5H3/p+1/b12-10+,18-16+,22-21+,26-25+,27-24+/t42-/m1/s1. The van der Waals surface area contributed by atoms with Gasteiger partial charge in [-0.15, -0.1) is 0 Å². The van der Waals surface area contributed by atoms with Crippen LogP contribution in [0.25, 0.3) is 0 Å². The molecule has 0 amide bonds. The zero-order chi connectivity index (χ0) is 40.0. The van der Waals surface area contributed by atoms with Gasteiger partial charge in [0.25, 0.3) is 0 Å². The van der Waals surface area contributed by atoms with Crippen molar-refractivity contribution >= 4 is 19.8 Å². The summed E-state index contributed by atoms with van der Waals surface area (Å²) in [6, 6.07) is 0. The van der Waals surface area contributed by atoms with Crippen LogP contribution in [0.4, 0.5) is 0 Å². The second-order valence-corrected chi connectivity index (χ2v) is 16.5. The maximum absolute atomic E-state index is 12.6. The molecule has 1 N–H and O–H groups in total. The predicted octanol–water partition coefficient (Wildman–Crippen LogP) is 11.7. The molecule has 0 aliphatic carbocycles. The minimum atomic E-state index is -4.38. The Labute approximate surface area is 330 Å². The summed E-state index contributed by atoms with van der Waals surface area (Å²) in [5.41, 5.74) is 0. The van der Waals surface area contributed by atoms with Crippen molar-refractivity contribution in [1.82, 2.24) is 0 Å². The van der Waals surface area contributed by atoms with Crippen LogP contribution in [0.1, 0.15) is 155 Å². The molecule has 0 aromatic rings. The number of hydrogen-bond acceptors (Lipinski definition) is 7. The highest BCUT2D eigenvalue weighted by Gasteiger charge is 2.27. The van der Waals surface area contributed by atoms with Crippen molar-refractivity contribution in [3.8, 4) is 0 Å². The van der Waals surface area contributed by atoms with Gasteiger partial charge in [-0.05, 0) is 77.0 Å². The summed E-state index contributed by atoms with van der Waals surface area (Å²) in [5.74, 6) is -0.859. The first-order valence-corrected chi connectivity index (χ1v) is 22.5. The second kappa shape index (κ2) is 36.4. The van der Waals surface area contributed by atoms with Crippen molar-refractivity contribution in [3.63, 3.8) is 0 Å². The van der Waals surface area contributed by atoms with Crippen LogP contribution in [0.3, 0.4) is 0 Å². The van der Waals surface area contributed by atoms with Crippen molar-refractivity contribution in [2.45, 2.75) is 161 Å². The number of nitrogens with zero attached hydrogens (tertiary/aromatic N) is 1. The number of carbonyl (C=O) groups excluding carboxylic acids is 2. The monoisotopic (exact) mass is 781 g/mol. The number of ether oxygens (including phenoxy) is 2. The fraction of sp³-hybridized carbons (Fsp3) is 0.727. The Kier molecular flexibility index (Phi) is 34.8. The minimum Gasteiger partial charge on any atom is -0.462 e. The lowest BCUT2D eigenvalue weighted by atomic mass is 10.1. The molecule has 0 heterocycles. The van der Waals surface area contributed by atoms with E-state index in [-0.39, 0.29) is 26.1 Å². The molecule has 9 nitrogen and oxygen atoms in total. The topological polar surface area (TPSA) is 108 Å². The van der Waals surface area contributed by atoms with Crippen LogP contribution in [0.2, 0.25) is 0 Å². The molecule has 0 bridgehead atoms. The van der Waals surface area contributed by atoms with Gasteiger partial charge in [0.15, 0.2) is 6.10 Å². The van der Waals surface area contributed by atoms with Crippen molar-refractivity contribution in [2.24, 2.45) is 0 Å². The van der Waals surface area contributed by atoms with Gasteiger partial charge in [-0.2, -0.15) is 0 Å². The first-order valence-electron chi connectivity index (χ1n) is 21.0. The molecule has 0 spiro atoms. The van der Waals surface area contributed by atoms with Crippen molar-refractivity contribution in [3.05, 3.63) is 60.8 Å². The van der Waals surface area contributed by atoms with Gasteiger partial charge in [-0.1, -0.05) is 126 Å². The van der Waals surface area contributed by atoms with Gasteiger partial charge in [-0.3, -0.25) is 18.6 Å². The van der Waals surface area contributed by atoms with Gasteiger partial charge in [0.1, 0.15) is 19.8 Å². The van der Waals surface area contributed by atoms with Gasteiger partial charge in [0.05, 0.1) is 27.7 Å². The number of phosphoric acid groups is 1. The first kappa shape index (κ1) is 51.7. The van der Waals surface area contributed by atoms with E-state index in [0.29, 0.717) is 23.9 Å². The molecule has 0 saturated carbocycles. The lowest BCUT2D eigenvalue weighted by Crippen LogP contribution is -2.37. The molecule has 0 saturated heterocycles. The Morgan fingerprint density at radius 3 is 1.57 bits per heavy atom. The fourth-order valence-corrected chi connectivity index (χ4v) is 5.92. The highest BCUT2D eigenvalue weighted by molar-refractivity contribution is 7.47. The van der Waals surface area contributed by atoms with E-state index in [1.54, 1.807) is 0 Å². The molecule has 0 aliphatic rings. The van der Waals surface area contributed by atoms with Crippen molar-refractivity contribution in [1.29, 1.82) is 0 Å². The molecule has 1 unspecified atom stereocenters. The van der Waals surface area contributed by atoms with Gasteiger partial charge >= 0.3 is 19.8 Å². The molecule has 0 rings (SSSR count). The third-order valence-corrected chi connectivity index (χ3v) is 9.49. The van der Waals surface area contributed by atoms with Crippen molar-refractivity contribution in [2.75, 3.05) is 47.5 Å². The largest absolute Gasteiger partial charge is 0.472 e. The van der Waals surface area contributed by atoms with E-state index in [2.05, 4.69) is 74.6 Å². The van der Waals surface area contributed by atoms with E-state index in [0.717, 1.165) is 70.6 Å². The van der Waals surface area contributed by atoms with Gasteiger partial charge < -0.3 is 18.9 Å². The van der Waals surface area contributed by atoms with E-state index in [1.165, 1.54) is 44.9 Å². The van der Waals surface area contributed by atoms with Crippen LogP contribution in [0.5, 0.6) is 0 Å². The summed E-state index contributed by atoms with van der Waals surface area (Å²) in [4.78, 5) is 35.3. The van der Waals surface area contributed by atoms with E-state index in [1.807, 2.05) is 21.1 Å². The molecule has 10 heteroatoms. The van der Waals surface area contributed by atoms with Crippen LogP contribution >= 0.6 is 7.82 Å². The highest BCUT2D eigenvalue weighted by Crippen LogP contribution is 2.43. The molecule has 0 aliphatic heterocycles. The zero-order valence-corrected chi connectivity index (χ0v) is 35.8. The minimum absolute atomic E-state index is 0.0211. The van der Waals surface area contributed by atoms with E-state index >= 15 is 0 Å². The quantitative estimate of drug-likeness (QED) is 0.0218. The Bertz CT molecular complexity index is 1110. The van der Waals surface area contributed by atoms with Gasteiger partial charge in [0.2, 0.25) is 0 Å². The Morgan fingerprint density at radius 2 is 1.04 bits per heavy atom. The average molecular weight is 781 g/mol. The normalized spacial score (nSPS) is 14.3. The number of hydrogen-bond donors (Lipinski definition) is 1. The molecular formula is C44H79NO8P+. The molecule has 0 radical (unpaired) electrons. The van der Waals surface area contributed by atoms with Gasteiger partial charge in [-0.25, -0.2) is 4.57 Å². The smallest absolute Gasteiger partial charge is 0.462 e. The third-order valence-electron chi connectivity index (χ3n) is 8.50. The maximum Gasteiger partial charge on any atom is 0.472 e. The fourth-order valence-electron chi connectivity index (χ4n) is 5.17. The SMILES string of the molecule is CCC/C=C/C/C=C/C/C=C/C/C=C/CCCCCC(=O)OC[C@H](COP(=O)(O)OCC[N+](C)(C)C)OC(=O)CCCCC/C=C/CCCCCCCC. The summed E-state index contributed by atoms with van der Waals surface area (Å²) >= 11 is 0. The molecule has 312 valence electrons. The van der Waals surface area contributed by atoms with Crippen LogP contribution in [-0.2, 0) is 32.7 Å². The Morgan fingerprint density at radius 1 is 0.574 bits per heavy atom. The number of phosphoric ester groups is 1. The third kappa shape index (κ3) is 39.4. The molecular weight excluding hydrogens is 701 g/mol. The molecule has 54 heavy (non-hydrogen) atoms. The van der Waals surface area contributed by atoms with E-state index < -0.39 is 32.5 Å². The summed E-state index contributed by atoms with van der Waals surface area (Å²) in [7, 11) is 1.44. The van der Waals surface area contributed by atoms with Crippen LogP contribution in [-0.4, -0.2) is 74.9 Å². The molecule has 0 fully saturated rings. The first-order chi connectivity index (χ1) is 26.0. The number of likely N-dealkylation sites (N-methyl/N-ethyl adjacent to an activating group) is 1. The van der Waals surface area contributed by atoms with Crippen LogP contribution in [0.15, 0.2) is 60.8 Å². The predicted molar refractivity (Wildman–Crippen MR) is 224 cm³/mol. The number of carbonyl (C=O) groups is 2. The maximum atomic E-state index is 12.6. The summed E-state index contributed by atoms with van der Waals surface area (Å²) < 4.78 is 34.2. The number of rotatable bonds is 37. The molecule has 0 aromatic carbocycles. The van der Waals surface area contributed by atoms with Gasteiger partial charge in [0, 0.05) is 12.8 Å². The Hall–Kier alpha value is -2.29. The summed E-state index contributed by atoms with van der Waals surface area (Å²) in [6.07, 6.45) is 42.7. The highest BCUT2D eigenvalue weighted by atomic mass is 31.2. The molecule has 2 atom stereocenters. The number of allylic oxidation sites excluding steroid dienone is 10. The van der Waals surface area contributed by atoms with Crippen LogP contribution in [0, 0.1) is 0 Å². The number of quaternary nitrogens is 1. The zero-order valence-electron chi connectivity index (χ0n) is 34.9. The average Bonchev–Trinajstić information content (AvgIpc) is 3.12. The summed E-state index contributed by atoms with van der Waals surface area (Å²) in [5, 5.41) is 0. The molecule has 0 aromatic heterocycles. The lowest BCUT2D eigenvalue weighted by Gasteiger charge is -2.24. The second-order valence-electron chi connectivity index (χ2n) is 15.0. The van der Waals surface area contributed by atoms with Crippen molar-refractivity contribution < 1.29 is 42.1 Å². The van der Waals surface area contributed by atoms with Crippen LogP contribution < -0.4 is 0 Å². The Balaban J connectivity index is 4.48.